The van der Waals surface area contributed by atoms with Crippen molar-refractivity contribution in [2.75, 3.05) is 6.61 Å². The van der Waals surface area contributed by atoms with Crippen molar-refractivity contribution in [3.8, 4) is 17.9 Å². The van der Waals surface area contributed by atoms with Gasteiger partial charge < -0.3 is 4.74 Å². The third-order valence-electron chi connectivity index (χ3n) is 2.28. The minimum atomic E-state index is -0.0529. The van der Waals surface area contributed by atoms with Crippen molar-refractivity contribution in [2.24, 2.45) is 0 Å². The van der Waals surface area contributed by atoms with Crippen molar-refractivity contribution >= 4 is 10.8 Å². The molecule has 0 bridgehead atoms. The molecule has 0 atom stereocenters. The normalized spacial score (nSPS) is 9.38. The lowest BCUT2D eigenvalue weighted by molar-refractivity contribution is 0.371. The molecule has 0 saturated heterocycles. The van der Waals surface area contributed by atoms with Crippen molar-refractivity contribution in [1.82, 2.24) is 0 Å². The predicted molar refractivity (Wildman–Crippen MR) is 59.8 cm³/mol. The van der Waals surface area contributed by atoms with Crippen LogP contribution in [0, 0.1) is 22.7 Å². The van der Waals surface area contributed by atoms with Crippen LogP contribution < -0.4 is 4.74 Å². The number of fused-ring (bicyclic) bond motifs is 1. The van der Waals surface area contributed by atoms with E-state index in [-0.39, 0.29) is 6.61 Å². The van der Waals surface area contributed by atoms with E-state index in [9.17, 15) is 0 Å². The van der Waals surface area contributed by atoms with Crippen molar-refractivity contribution in [1.29, 1.82) is 10.5 Å². The highest BCUT2D eigenvalue weighted by Gasteiger charge is 2.07. The van der Waals surface area contributed by atoms with Gasteiger partial charge in [0.05, 0.1) is 5.56 Å². The van der Waals surface area contributed by atoms with Crippen molar-refractivity contribution in [3.63, 3.8) is 0 Å². The molecular weight excluding hydrogens is 200 g/mol. The lowest BCUT2D eigenvalue weighted by atomic mass is 10.1. The van der Waals surface area contributed by atoms with Crippen LogP contribution in [0.2, 0.25) is 0 Å². The zero-order valence-corrected chi connectivity index (χ0v) is 8.47. The Balaban J connectivity index is 2.65. The van der Waals surface area contributed by atoms with Gasteiger partial charge in [-0.05, 0) is 11.5 Å². The average Bonchev–Trinajstić information content (AvgIpc) is 2.35. The summed E-state index contributed by atoms with van der Waals surface area (Å²) < 4.78 is 5.31. The SMILES string of the molecule is N#CCOc1c(C#N)ccc2ccccc12. The topological polar surface area (TPSA) is 56.8 Å². The maximum atomic E-state index is 8.96. The molecular formula is C13H8N2O. The van der Waals surface area contributed by atoms with Crippen LogP contribution in [0.3, 0.4) is 0 Å². The van der Waals surface area contributed by atoms with Gasteiger partial charge in [0.25, 0.3) is 0 Å². The minimum absolute atomic E-state index is 0.0529. The van der Waals surface area contributed by atoms with Crippen LogP contribution in [0.5, 0.6) is 5.75 Å². The molecule has 16 heavy (non-hydrogen) atoms. The summed E-state index contributed by atoms with van der Waals surface area (Å²) in [5.74, 6) is 0.488. The fourth-order valence-electron chi connectivity index (χ4n) is 1.59. The molecule has 0 spiro atoms. The Labute approximate surface area is 93.1 Å². The molecule has 0 saturated carbocycles. The van der Waals surface area contributed by atoms with Crippen LogP contribution in [-0.4, -0.2) is 6.61 Å². The van der Waals surface area contributed by atoms with Gasteiger partial charge in [-0.1, -0.05) is 30.3 Å². The zero-order chi connectivity index (χ0) is 11.4. The Kier molecular flexibility index (Phi) is 2.71. The number of hydrogen-bond donors (Lipinski definition) is 0. The number of nitriles is 2. The molecule has 0 N–H and O–H groups in total. The first kappa shape index (κ1) is 10.0. The van der Waals surface area contributed by atoms with E-state index in [1.54, 1.807) is 6.07 Å². The van der Waals surface area contributed by atoms with Crippen molar-refractivity contribution in [3.05, 3.63) is 42.0 Å². The molecule has 0 unspecified atom stereocenters. The van der Waals surface area contributed by atoms with Crippen LogP contribution in [0.25, 0.3) is 10.8 Å². The Bertz CT molecular complexity index is 605. The molecule has 3 heteroatoms. The van der Waals surface area contributed by atoms with E-state index in [1.165, 1.54) is 0 Å². The van der Waals surface area contributed by atoms with Gasteiger partial charge in [-0.3, -0.25) is 0 Å². The van der Waals surface area contributed by atoms with E-state index < -0.39 is 0 Å². The molecule has 3 nitrogen and oxygen atoms in total. The summed E-state index contributed by atoms with van der Waals surface area (Å²) in [4.78, 5) is 0. The van der Waals surface area contributed by atoms with Crippen LogP contribution in [0.15, 0.2) is 36.4 Å². The van der Waals surface area contributed by atoms with Crippen LogP contribution in [0.4, 0.5) is 0 Å². The fraction of sp³-hybridized carbons (Fsp3) is 0.0769. The molecule has 76 valence electrons. The fourth-order valence-corrected chi connectivity index (χ4v) is 1.59. The van der Waals surface area contributed by atoms with Gasteiger partial charge in [0, 0.05) is 5.39 Å². The highest BCUT2D eigenvalue weighted by atomic mass is 16.5. The van der Waals surface area contributed by atoms with Crippen LogP contribution in [0.1, 0.15) is 5.56 Å². The molecule has 2 aromatic carbocycles. The van der Waals surface area contributed by atoms with E-state index in [0.29, 0.717) is 11.3 Å². The smallest absolute Gasteiger partial charge is 0.174 e. The standard InChI is InChI=1S/C13H8N2O/c14-7-8-16-13-11(9-15)6-5-10-3-1-2-4-12(10)13/h1-6H,8H2. The molecule has 2 aromatic rings. The number of nitrogens with zero attached hydrogens (tertiary/aromatic N) is 2. The van der Waals surface area contributed by atoms with Crippen molar-refractivity contribution in [2.45, 2.75) is 0 Å². The summed E-state index contributed by atoms with van der Waals surface area (Å²) in [7, 11) is 0. The quantitative estimate of drug-likeness (QED) is 0.762. The third kappa shape index (κ3) is 1.67. The van der Waals surface area contributed by atoms with Crippen LogP contribution in [-0.2, 0) is 0 Å². The second-order valence-corrected chi connectivity index (χ2v) is 3.22. The minimum Gasteiger partial charge on any atom is -0.477 e. The van der Waals surface area contributed by atoms with Gasteiger partial charge in [0.1, 0.15) is 17.9 Å². The predicted octanol–water partition coefficient (Wildman–Crippen LogP) is 2.61. The van der Waals surface area contributed by atoms with Gasteiger partial charge in [0.15, 0.2) is 6.61 Å². The molecule has 2 rings (SSSR count). The van der Waals surface area contributed by atoms with Crippen LogP contribution >= 0.6 is 0 Å². The van der Waals surface area contributed by atoms with E-state index in [2.05, 4.69) is 6.07 Å². The maximum Gasteiger partial charge on any atom is 0.174 e. The second kappa shape index (κ2) is 4.33. The molecule has 0 amide bonds. The average molecular weight is 208 g/mol. The summed E-state index contributed by atoms with van der Waals surface area (Å²) in [5, 5.41) is 19.3. The number of benzene rings is 2. The monoisotopic (exact) mass is 208 g/mol. The number of rotatable bonds is 2. The highest BCUT2D eigenvalue weighted by Crippen LogP contribution is 2.29. The third-order valence-corrected chi connectivity index (χ3v) is 2.28. The van der Waals surface area contributed by atoms with Gasteiger partial charge in [-0.15, -0.1) is 0 Å². The Morgan fingerprint density at radius 3 is 2.62 bits per heavy atom. The summed E-state index contributed by atoms with van der Waals surface area (Å²) in [6.07, 6.45) is 0. The van der Waals surface area contributed by atoms with E-state index >= 15 is 0 Å². The van der Waals surface area contributed by atoms with E-state index in [1.807, 2.05) is 36.4 Å². The summed E-state index contributed by atoms with van der Waals surface area (Å²) in [6.45, 7) is -0.0529. The van der Waals surface area contributed by atoms with Crippen molar-refractivity contribution < 1.29 is 4.74 Å². The maximum absolute atomic E-state index is 8.96. The van der Waals surface area contributed by atoms with Gasteiger partial charge in [-0.25, -0.2) is 0 Å². The molecule has 0 fully saturated rings. The molecule has 0 aromatic heterocycles. The molecule has 0 aliphatic rings. The lowest BCUT2D eigenvalue weighted by Crippen LogP contribution is -1.96. The number of ether oxygens (including phenoxy) is 1. The Morgan fingerprint density at radius 1 is 1.06 bits per heavy atom. The zero-order valence-electron chi connectivity index (χ0n) is 8.47. The second-order valence-electron chi connectivity index (χ2n) is 3.22. The Morgan fingerprint density at radius 2 is 1.88 bits per heavy atom. The van der Waals surface area contributed by atoms with E-state index in [0.717, 1.165) is 10.8 Å². The molecule has 0 aliphatic carbocycles. The first-order valence-corrected chi connectivity index (χ1v) is 4.78. The Hall–Kier alpha value is -2.52. The highest BCUT2D eigenvalue weighted by molar-refractivity contribution is 5.90. The largest absolute Gasteiger partial charge is 0.477 e. The van der Waals surface area contributed by atoms with Gasteiger partial charge in [0.2, 0.25) is 0 Å². The first-order chi connectivity index (χ1) is 7.86. The van der Waals surface area contributed by atoms with Gasteiger partial charge >= 0.3 is 0 Å². The molecule has 0 radical (unpaired) electrons. The first-order valence-electron chi connectivity index (χ1n) is 4.78. The summed E-state index contributed by atoms with van der Waals surface area (Å²) >= 11 is 0. The summed E-state index contributed by atoms with van der Waals surface area (Å²) in [5.41, 5.74) is 0.453. The number of hydrogen-bond acceptors (Lipinski definition) is 3. The summed E-state index contributed by atoms with van der Waals surface area (Å²) in [6, 6.07) is 15.1. The lowest BCUT2D eigenvalue weighted by Gasteiger charge is -2.07. The van der Waals surface area contributed by atoms with E-state index in [4.69, 9.17) is 15.3 Å². The molecule has 0 heterocycles. The van der Waals surface area contributed by atoms with Gasteiger partial charge in [-0.2, -0.15) is 10.5 Å². The molecule has 0 aliphatic heterocycles.